The molecule has 0 aliphatic heterocycles. The molecular weight excluding hydrogens is 248 g/mol. The fourth-order valence-corrected chi connectivity index (χ4v) is 2.51. The Morgan fingerprint density at radius 1 is 1.16 bits per heavy atom. The summed E-state index contributed by atoms with van der Waals surface area (Å²) < 4.78 is 0. The number of hydrogen-bond acceptors (Lipinski definition) is 3. The van der Waals surface area contributed by atoms with Crippen LogP contribution in [0.25, 0.3) is 0 Å². The number of aliphatic carboxylic acids is 1. The first-order chi connectivity index (χ1) is 8.84. The molecule has 6 heteroatoms. The monoisotopic (exact) mass is 270 g/mol. The molecule has 0 aromatic heterocycles. The fourth-order valence-electron chi connectivity index (χ4n) is 2.51. The Balaban J connectivity index is 2.65. The zero-order chi connectivity index (χ0) is 14.6. The van der Waals surface area contributed by atoms with Gasteiger partial charge in [0.15, 0.2) is 0 Å². The molecule has 6 nitrogen and oxygen atoms in total. The lowest BCUT2D eigenvalue weighted by atomic mass is 9.78. The van der Waals surface area contributed by atoms with Crippen LogP contribution in [0.3, 0.4) is 0 Å². The minimum Gasteiger partial charge on any atom is -0.481 e. The van der Waals surface area contributed by atoms with E-state index in [2.05, 4.69) is 5.32 Å². The second-order valence-electron chi connectivity index (χ2n) is 5.30. The van der Waals surface area contributed by atoms with Gasteiger partial charge in [-0.2, -0.15) is 0 Å². The van der Waals surface area contributed by atoms with Crippen LogP contribution >= 0.6 is 0 Å². The normalized spacial score (nSPS) is 24.4. The van der Waals surface area contributed by atoms with Crippen LogP contribution in [0.15, 0.2) is 0 Å². The minimum absolute atomic E-state index is 0.198. The Labute approximate surface area is 113 Å². The van der Waals surface area contributed by atoms with E-state index in [1.807, 2.05) is 0 Å². The molecule has 2 N–H and O–H groups in total. The molecule has 1 fully saturated rings. The molecule has 108 valence electrons. The number of carboxylic acids is 1. The minimum atomic E-state index is -0.925. The van der Waals surface area contributed by atoms with Crippen LogP contribution in [-0.2, 0) is 14.4 Å². The Kier molecular flexibility index (Phi) is 5.32. The summed E-state index contributed by atoms with van der Waals surface area (Å²) in [5.74, 6) is -2.60. The molecule has 1 aliphatic rings. The van der Waals surface area contributed by atoms with Gasteiger partial charge in [0.25, 0.3) is 0 Å². The molecule has 1 rings (SSSR count). The molecule has 0 aromatic rings. The van der Waals surface area contributed by atoms with Crippen LogP contribution in [0.4, 0.5) is 0 Å². The predicted octanol–water partition coefficient (Wildman–Crippen LogP) is 0.470. The van der Waals surface area contributed by atoms with Gasteiger partial charge in [-0.05, 0) is 19.8 Å². The van der Waals surface area contributed by atoms with Crippen molar-refractivity contribution in [1.82, 2.24) is 10.2 Å². The smallest absolute Gasteiger partial charge is 0.307 e. The largest absolute Gasteiger partial charge is 0.481 e. The number of likely N-dealkylation sites (N-methyl/N-ethyl adjacent to an activating group) is 1. The van der Waals surface area contributed by atoms with Crippen molar-refractivity contribution in [1.29, 1.82) is 0 Å². The summed E-state index contributed by atoms with van der Waals surface area (Å²) in [5, 5.41) is 11.8. The van der Waals surface area contributed by atoms with Gasteiger partial charge >= 0.3 is 5.97 Å². The second-order valence-corrected chi connectivity index (χ2v) is 5.30. The number of nitrogens with one attached hydrogen (secondary N) is 1. The van der Waals surface area contributed by atoms with Gasteiger partial charge in [0.1, 0.15) is 6.04 Å². The van der Waals surface area contributed by atoms with Gasteiger partial charge in [-0.1, -0.05) is 12.8 Å². The van der Waals surface area contributed by atoms with Gasteiger partial charge in [0.05, 0.1) is 11.8 Å². The molecule has 3 atom stereocenters. The van der Waals surface area contributed by atoms with E-state index in [1.54, 1.807) is 21.0 Å². The predicted molar refractivity (Wildman–Crippen MR) is 69.4 cm³/mol. The van der Waals surface area contributed by atoms with Gasteiger partial charge in [0.2, 0.25) is 11.8 Å². The molecular formula is C13H22N2O4. The number of amides is 2. The SMILES string of the molecule is CC(NC(=O)C1CCCCC1C(=O)O)C(=O)N(C)C. The fraction of sp³-hybridized carbons (Fsp3) is 0.769. The first-order valence-electron chi connectivity index (χ1n) is 6.59. The van der Waals surface area contributed by atoms with E-state index in [4.69, 9.17) is 5.11 Å². The average molecular weight is 270 g/mol. The number of rotatable bonds is 4. The summed E-state index contributed by atoms with van der Waals surface area (Å²) in [4.78, 5) is 36.3. The van der Waals surface area contributed by atoms with Crippen molar-refractivity contribution < 1.29 is 19.5 Å². The number of carbonyl (C=O) groups excluding carboxylic acids is 2. The maximum absolute atomic E-state index is 12.1. The Bertz CT molecular complexity index is 368. The van der Waals surface area contributed by atoms with Crippen molar-refractivity contribution >= 4 is 17.8 Å². The van der Waals surface area contributed by atoms with E-state index < -0.39 is 23.8 Å². The Hall–Kier alpha value is -1.59. The van der Waals surface area contributed by atoms with Crippen molar-refractivity contribution in [2.24, 2.45) is 11.8 Å². The molecule has 0 aromatic carbocycles. The highest BCUT2D eigenvalue weighted by Gasteiger charge is 2.36. The van der Waals surface area contributed by atoms with E-state index >= 15 is 0 Å². The first kappa shape index (κ1) is 15.5. The van der Waals surface area contributed by atoms with Crippen molar-refractivity contribution in [3.63, 3.8) is 0 Å². The van der Waals surface area contributed by atoms with E-state index in [0.717, 1.165) is 12.8 Å². The van der Waals surface area contributed by atoms with Crippen molar-refractivity contribution in [2.75, 3.05) is 14.1 Å². The van der Waals surface area contributed by atoms with Gasteiger partial charge in [-0.15, -0.1) is 0 Å². The number of carboxylic acid groups (broad SMARTS) is 1. The van der Waals surface area contributed by atoms with Crippen LogP contribution in [0.5, 0.6) is 0 Å². The second kappa shape index (κ2) is 6.54. The molecule has 3 unspecified atom stereocenters. The Morgan fingerprint density at radius 2 is 1.68 bits per heavy atom. The summed E-state index contributed by atoms with van der Waals surface area (Å²) in [7, 11) is 3.23. The third-order valence-corrected chi connectivity index (χ3v) is 3.59. The average Bonchev–Trinajstić information content (AvgIpc) is 2.37. The summed E-state index contributed by atoms with van der Waals surface area (Å²) in [6.45, 7) is 1.61. The molecule has 0 spiro atoms. The molecule has 1 saturated carbocycles. The van der Waals surface area contributed by atoms with Gasteiger partial charge in [-0.3, -0.25) is 14.4 Å². The number of hydrogen-bond donors (Lipinski definition) is 2. The molecule has 0 saturated heterocycles. The van der Waals surface area contributed by atoms with Crippen molar-refractivity contribution in [3.8, 4) is 0 Å². The quantitative estimate of drug-likeness (QED) is 0.777. The highest BCUT2D eigenvalue weighted by molar-refractivity contribution is 5.90. The van der Waals surface area contributed by atoms with Gasteiger partial charge < -0.3 is 15.3 Å². The Morgan fingerprint density at radius 3 is 2.16 bits per heavy atom. The first-order valence-corrected chi connectivity index (χ1v) is 6.59. The zero-order valence-electron chi connectivity index (χ0n) is 11.7. The van der Waals surface area contributed by atoms with Crippen LogP contribution in [-0.4, -0.2) is 47.9 Å². The number of carbonyl (C=O) groups is 3. The van der Waals surface area contributed by atoms with E-state index in [-0.39, 0.29) is 11.8 Å². The van der Waals surface area contributed by atoms with E-state index in [1.165, 1.54) is 4.90 Å². The van der Waals surface area contributed by atoms with Crippen LogP contribution in [0, 0.1) is 11.8 Å². The summed E-state index contributed by atoms with van der Waals surface area (Å²) in [6, 6.07) is -0.626. The zero-order valence-corrected chi connectivity index (χ0v) is 11.7. The summed E-state index contributed by atoms with van der Waals surface area (Å²) >= 11 is 0. The summed E-state index contributed by atoms with van der Waals surface area (Å²) in [5.41, 5.74) is 0. The summed E-state index contributed by atoms with van der Waals surface area (Å²) in [6.07, 6.45) is 2.81. The topological polar surface area (TPSA) is 86.7 Å². The molecule has 0 radical (unpaired) electrons. The lowest BCUT2D eigenvalue weighted by Gasteiger charge is -2.29. The molecule has 0 bridgehead atoms. The maximum atomic E-state index is 12.1. The van der Waals surface area contributed by atoms with E-state index in [9.17, 15) is 14.4 Å². The maximum Gasteiger partial charge on any atom is 0.307 e. The van der Waals surface area contributed by atoms with Gasteiger partial charge in [-0.25, -0.2) is 0 Å². The standard InChI is InChI=1S/C13H22N2O4/c1-8(12(17)15(2)3)14-11(16)9-6-4-5-7-10(9)13(18)19/h8-10H,4-7H2,1-3H3,(H,14,16)(H,18,19). The van der Waals surface area contributed by atoms with E-state index in [0.29, 0.717) is 12.8 Å². The lowest BCUT2D eigenvalue weighted by molar-refractivity contribution is -0.149. The van der Waals surface area contributed by atoms with Crippen LogP contribution in [0.1, 0.15) is 32.6 Å². The highest BCUT2D eigenvalue weighted by Crippen LogP contribution is 2.30. The third kappa shape index (κ3) is 3.94. The van der Waals surface area contributed by atoms with Crippen molar-refractivity contribution in [3.05, 3.63) is 0 Å². The molecule has 0 heterocycles. The highest BCUT2D eigenvalue weighted by atomic mass is 16.4. The lowest BCUT2D eigenvalue weighted by Crippen LogP contribution is -2.48. The number of nitrogens with zero attached hydrogens (tertiary/aromatic N) is 1. The third-order valence-electron chi connectivity index (χ3n) is 3.59. The molecule has 2 amide bonds. The molecule has 19 heavy (non-hydrogen) atoms. The molecule has 1 aliphatic carbocycles. The van der Waals surface area contributed by atoms with Crippen LogP contribution in [0.2, 0.25) is 0 Å². The van der Waals surface area contributed by atoms with Crippen molar-refractivity contribution in [2.45, 2.75) is 38.6 Å². The van der Waals surface area contributed by atoms with Gasteiger partial charge in [0, 0.05) is 14.1 Å². The van der Waals surface area contributed by atoms with Crippen LogP contribution < -0.4 is 5.32 Å².